The minimum Gasteiger partial charge on any atom is -0.716 e. The SMILES string of the molecule is Cc1ccc(C(=O)OS(=O)(=O)[O-])c(C)c1C(=O)O.[Na+]. The van der Waals surface area contributed by atoms with Gasteiger partial charge < -0.3 is 13.8 Å². The predicted molar refractivity (Wildman–Crippen MR) is 58.0 cm³/mol. The number of benzene rings is 1. The maximum absolute atomic E-state index is 11.4. The van der Waals surface area contributed by atoms with Crippen molar-refractivity contribution < 1.29 is 61.4 Å². The molecule has 0 aliphatic carbocycles. The molecule has 1 rings (SSSR count). The van der Waals surface area contributed by atoms with Gasteiger partial charge in [0.15, 0.2) is 0 Å². The minimum atomic E-state index is -5.18. The number of carbonyl (C=O) groups is 2. The van der Waals surface area contributed by atoms with Gasteiger partial charge in [0.2, 0.25) is 0 Å². The molecule has 0 amide bonds. The molecule has 0 heterocycles. The summed E-state index contributed by atoms with van der Waals surface area (Å²) in [5.74, 6) is -2.66. The smallest absolute Gasteiger partial charge is 0.716 e. The summed E-state index contributed by atoms with van der Waals surface area (Å²) in [6.45, 7) is 2.85. The molecule has 7 nitrogen and oxygen atoms in total. The molecule has 0 aromatic heterocycles. The van der Waals surface area contributed by atoms with Crippen molar-refractivity contribution in [3.63, 3.8) is 0 Å². The van der Waals surface area contributed by atoms with Gasteiger partial charge >= 0.3 is 41.5 Å². The Hall–Kier alpha value is -0.930. The molecule has 9 heteroatoms. The maximum Gasteiger partial charge on any atom is 1.00 e. The molecule has 0 aliphatic heterocycles. The van der Waals surface area contributed by atoms with Gasteiger partial charge in [0.05, 0.1) is 11.1 Å². The molecule has 0 fully saturated rings. The van der Waals surface area contributed by atoms with E-state index in [4.69, 9.17) is 5.11 Å². The van der Waals surface area contributed by atoms with Crippen molar-refractivity contribution in [3.8, 4) is 0 Å². The van der Waals surface area contributed by atoms with Crippen molar-refractivity contribution in [3.05, 3.63) is 34.4 Å². The summed E-state index contributed by atoms with van der Waals surface area (Å²) in [7, 11) is -5.18. The number of aryl methyl sites for hydroxylation is 1. The zero-order chi connectivity index (χ0) is 14.1. The third kappa shape index (κ3) is 4.59. The predicted octanol–water partition coefficient (Wildman–Crippen LogP) is -2.38. The molecule has 0 unspecified atom stereocenters. The first-order valence-corrected chi connectivity index (χ1v) is 6.00. The summed E-state index contributed by atoms with van der Waals surface area (Å²) < 4.78 is 34.6. The van der Waals surface area contributed by atoms with Gasteiger partial charge in [-0.15, -0.1) is 0 Å². The second kappa shape index (κ2) is 6.49. The molecule has 98 valence electrons. The van der Waals surface area contributed by atoms with E-state index in [2.05, 4.69) is 4.18 Å². The quantitative estimate of drug-likeness (QED) is 0.375. The number of hydrogen-bond donors (Lipinski definition) is 1. The first-order valence-electron chi connectivity index (χ1n) is 4.66. The topological polar surface area (TPSA) is 121 Å². The molecule has 1 aromatic carbocycles. The summed E-state index contributed by atoms with van der Waals surface area (Å²) in [5.41, 5.74) is 0.0304. The van der Waals surface area contributed by atoms with E-state index in [-0.39, 0.29) is 46.2 Å². The largest absolute Gasteiger partial charge is 1.00 e. The Morgan fingerprint density at radius 2 is 1.79 bits per heavy atom. The van der Waals surface area contributed by atoms with Crippen LogP contribution < -0.4 is 29.6 Å². The van der Waals surface area contributed by atoms with E-state index in [1.165, 1.54) is 26.0 Å². The monoisotopic (exact) mass is 296 g/mol. The van der Waals surface area contributed by atoms with Crippen molar-refractivity contribution >= 4 is 22.3 Å². The Kier molecular flexibility index (Phi) is 6.17. The van der Waals surface area contributed by atoms with Crippen LogP contribution in [0.5, 0.6) is 0 Å². The number of carboxylic acids is 1. The van der Waals surface area contributed by atoms with Crippen LogP contribution in [0.4, 0.5) is 0 Å². The van der Waals surface area contributed by atoms with E-state index in [1.54, 1.807) is 0 Å². The summed E-state index contributed by atoms with van der Waals surface area (Å²) in [6, 6.07) is 2.52. The fourth-order valence-corrected chi connectivity index (χ4v) is 1.81. The van der Waals surface area contributed by atoms with Crippen molar-refractivity contribution in [1.29, 1.82) is 0 Å². The van der Waals surface area contributed by atoms with Crippen LogP contribution in [-0.4, -0.2) is 30.0 Å². The number of carbonyl (C=O) groups excluding carboxylic acids is 1. The fourth-order valence-electron chi connectivity index (χ4n) is 1.53. The van der Waals surface area contributed by atoms with Crippen molar-refractivity contribution in [1.82, 2.24) is 0 Å². The van der Waals surface area contributed by atoms with Crippen molar-refractivity contribution in [2.75, 3.05) is 0 Å². The van der Waals surface area contributed by atoms with E-state index in [0.717, 1.165) is 0 Å². The summed E-state index contributed by atoms with van der Waals surface area (Å²) >= 11 is 0. The van der Waals surface area contributed by atoms with Crippen LogP contribution in [0.3, 0.4) is 0 Å². The van der Waals surface area contributed by atoms with Gasteiger partial charge in [-0.2, -0.15) is 0 Å². The number of hydrogen-bond acceptors (Lipinski definition) is 6. The van der Waals surface area contributed by atoms with Crippen LogP contribution in [0.2, 0.25) is 0 Å². The van der Waals surface area contributed by atoms with Gasteiger partial charge in [-0.25, -0.2) is 18.0 Å². The van der Waals surface area contributed by atoms with Crippen LogP contribution in [0.25, 0.3) is 0 Å². The van der Waals surface area contributed by atoms with Crippen molar-refractivity contribution in [2.24, 2.45) is 0 Å². The standard InChI is InChI=1S/C10H10O7S.Na/c1-5-3-4-7(6(2)8(5)9(11)12)10(13)17-18(14,15)16;/h3-4H,1-2H3,(H,11,12)(H,14,15,16);/q;+1/p-1. The molecule has 0 radical (unpaired) electrons. The van der Waals surface area contributed by atoms with Gasteiger partial charge in [-0.3, -0.25) is 0 Å². The van der Waals surface area contributed by atoms with Crippen LogP contribution in [0, 0.1) is 13.8 Å². The fraction of sp³-hybridized carbons (Fsp3) is 0.200. The first-order chi connectivity index (χ1) is 8.13. The molecule has 0 atom stereocenters. The molecule has 0 bridgehead atoms. The van der Waals surface area contributed by atoms with E-state index < -0.39 is 22.3 Å². The third-order valence-corrected chi connectivity index (χ3v) is 2.64. The average Bonchev–Trinajstić information content (AvgIpc) is 2.13. The Balaban J connectivity index is 0.00000324. The normalized spacial score (nSPS) is 10.5. The van der Waals surface area contributed by atoms with Gasteiger partial charge in [0.25, 0.3) is 10.4 Å². The van der Waals surface area contributed by atoms with Crippen LogP contribution in [0.15, 0.2) is 12.1 Å². The molecule has 19 heavy (non-hydrogen) atoms. The minimum absolute atomic E-state index is 0. The summed E-state index contributed by atoms with van der Waals surface area (Å²) in [4.78, 5) is 22.3. The summed E-state index contributed by atoms with van der Waals surface area (Å²) in [5, 5.41) is 8.95. The Labute approximate surface area is 131 Å². The van der Waals surface area contributed by atoms with Crippen LogP contribution in [0.1, 0.15) is 31.8 Å². The van der Waals surface area contributed by atoms with E-state index in [1.807, 2.05) is 0 Å². The Morgan fingerprint density at radius 3 is 2.21 bits per heavy atom. The number of aromatic carboxylic acids is 1. The molecule has 1 N–H and O–H groups in total. The molecular weight excluding hydrogens is 287 g/mol. The van der Waals surface area contributed by atoms with Crippen molar-refractivity contribution in [2.45, 2.75) is 13.8 Å². The van der Waals surface area contributed by atoms with Gasteiger partial charge in [0.1, 0.15) is 0 Å². The van der Waals surface area contributed by atoms with E-state index in [0.29, 0.717) is 5.56 Å². The molecule has 0 saturated heterocycles. The maximum atomic E-state index is 11.4. The Morgan fingerprint density at radius 1 is 1.26 bits per heavy atom. The van der Waals surface area contributed by atoms with Gasteiger partial charge in [-0.05, 0) is 31.0 Å². The van der Waals surface area contributed by atoms with E-state index in [9.17, 15) is 22.6 Å². The zero-order valence-corrected chi connectivity index (χ0v) is 13.3. The zero-order valence-electron chi connectivity index (χ0n) is 10.5. The second-order valence-corrected chi connectivity index (χ2v) is 4.50. The number of carboxylic acid groups (broad SMARTS) is 1. The van der Waals surface area contributed by atoms with E-state index >= 15 is 0 Å². The van der Waals surface area contributed by atoms with Gasteiger partial charge in [0, 0.05) is 0 Å². The summed E-state index contributed by atoms with van der Waals surface area (Å²) in [6.07, 6.45) is 0. The van der Waals surface area contributed by atoms with Crippen LogP contribution in [-0.2, 0) is 14.6 Å². The second-order valence-electron chi connectivity index (χ2n) is 3.51. The average molecular weight is 296 g/mol. The molecule has 1 aromatic rings. The van der Waals surface area contributed by atoms with Gasteiger partial charge in [-0.1, -0.05) is 6.07 Å². The molecule has 0 saturated carbocycles. The molecule has 0 aliphatic rings. The van der Waals surface area contributed by atoms with Crippen LogP contribution >= 0.6 is 0 Å². The first kappa shape index (κ1) is 18.1. The molecular formula is C10H9NaO7S. The third-order valence-electron chi connectivity index (χ3n) is 2.28. The number of rotatable bonds is 3. The Bertz CT molecular complexity index is 621. The molecule has 0 spiro atoms.